The second-order valence-corrected chi connectivity index (χ2v) is 9.68. The normalized spacial score (nSPS) is 41.8. The summed E-state index contributed by atoms with van der Waals surface area (Å²) in [6.07, 6.45) is 5.49. The SMILES string of the molecule is CC1(C)C[C@H]2[C@H]1CC[C@@]1(C)C[C@]2(O)CC[C@@H]1OC(=O)c1ccccc1. The second kappa shape index (κ2) is 5.57. The quantitative estimate of drug-likeness (QED) is 0.800. The number of ether oxygens (including phenoxy) is 1. The average molecular weight is 342 g/mol. The first-order valence-electron chi connectivity index (χ1n) is 9.72. The number of fused-ring (bicyclic) bond motifs is 4. The van der Waals surface area contributed by atoms with Crippen LogP contribution in [0.4, 0.5) is 0 Å². The zero-order valence-corrected chi connectivity index (χ0v) is 15.6. The molecule has 0 unspecified atom stereocenters. The number of hydrogen-bond acceptors (Lipinski definition) is 3. The van der Waals surface area contributed by atoms with Gasteiger partial charge >= 0.3 is 5.97 Å². The predicted molar refractivity (Wildman–Crippen MR) is 97.2 cm³/mol. The molecule has 3 fully saturated rings. The van der Waals surface area contributed by atoms with Crippen molar-refractivity contribution in [1.29, 1.82) is 0 Å². The molecule has 0 amide bonds. The fourth-order valence-corrected chi connectivity index (χ4v) is 6.06. The number of hydrogen-bond donors (Lipinski definition) is 1. The van der Waals surface area contributed by atoms with Crippen molar-refractivity contribution in [2.75, 3.05) is 0 Å². The van der Waals surface area contributed by atoms with Crippen molar-refractivity contribution >= 4 is 5.97 Å². The standard InChI is InChI=1S/C22H30O3/c1-20(2)13-17-16(20)9-11-21(3)14-22(17,24)12-10-18(21)25-19(23)15-7-5-4-6-8-15/h4-8,16-18,24H,9-14H2,1-3H3/t16-,17+,18+,21+,22-/m1/s1. The van der Waals surface area contributed by atoms with Crippen molar-refractivity contribution in [3.05, 3.63) is 35.9 Å². The summed E-state index contributed by atoms with van der Waals surface area (Å²) < 4.78 is 5.96. The molecule has 3 aliphatic carbocycles. The minimum atomic E-state index is -0.568. The van der Waals surface area contributed by atoms with Crippen LogP contribution in [0.2, 0.25) is 0 Å². The van der Waals surface area contributed by atoms with Gasteiger partial charge in [0, 0.05) is 5.41 Å². The molecule has 0 spiro atoms. The number of carbonyl (C=O) groups excluding carboxylic acids is 1. The molecule has 0 heterocycles. The number of rotatable bonds is 2. The largest absolute Gasteiger partial charge is 0.458 e. The first-order chi connectivity index (χ1) is 11.7. The van der Waals surface area contributed by atoms with Crippen LogP contribution in [0.25, 0.3) is 0 Å². The van der Waals surface area contributed by atoms with Crippen LogP contribution in [0.3, 0.4) is 0 Å². The summed E-state index contributed by atoms with van der Waals surface area (Å²) in [5.74, 6) is 0.794. The molecular weight excluding hydrogens is 312 g/mol. The van der Waals surface area contributed by atoms with Gasteiger partial charge in [-0.05, 0) is 67.9 Å². The summed E-state index contributed by atoms with van der Waals surface area (Å²) in [7, 11) is 0. The number of aliphatic hydroxyl groups is 1. The van der Waals surface area contributed by atoms with Gasteiger partial charge in [0.1, 0.15) is 6.10 Å². The highest BCUT2D eigenvalue weighted by Gasteiger charge is 2.62. The van der Waals surface area contributed by atoms with Gasteiger partial charge in [0.15, 0.2) is 0 Å². The first-order valence-corrected chi connectivity index (χ1v) is 9.72. The lowest BCUT2D eigenvalue weighted by Crippen LogP contribution is -2.58. The molecule has 1 N–H and O–H groups in total. The van der Waals surface area contributed by atoms with E-state index in [9.17, 15) is 9.90 Å². The third-order valence-corrected chi connectivity index (χ3v) is 7.54. The molecule has 0 aliphatic heterocycles. The Morgan fingerprint density at radius 2 is 1.80 bits per heavy atom. The molecule has 2 bridgehead atoms. The van der Waals surface area contributed by atoms with E-state index in [4.69, 9.17) is 4.74 Å². The zero-order valence-electron chi connectivity index (χ0n) is 15.6. The third-order valence-electron chi connectivity index (χ3n) is 7.54. The van der Waals surface area contributed by atoms with E-state index in [0.717, 1.165) is 38.5 Å². The van der Waals surface area contributed by atoms with E-state index in [1.807, 2.05) is 18.2 Å². The zero-order chi connectivity index (χ0) is 17.9. The molecule has 0 aromatic heterocycles. The molecule has 5 atom stereocenters. The van der Waals surface area contributed by atoms with E-state index < -0.39 is 5.60 Å². The molecule has 3 aliphatic rings. The van der Waals surface area contributed by atoms with E-state index in [1.165, 1.54) is 0 Å². The fourth-order valence-electron chi connectivity index (χ4n) is 6.06. The summed E-state index contributed by atoms with van der Waals surface area (Å²) in [4.78, 5) is 12.5. The minimum absolute atomic E-state index is 0.0962. The van der Waals surface area contributed by atoms with Gasteiger partial charge in [-0.3, -0.25) is 0 Å². The van der Waals surface area contributed by atoms with Crippen molar-refractivity contribution in [2.45, 2.75) is 71.0 Å². The van der Waals surface area contributed by atoms with Gasteiger partial charge in [0.25, 0.3) is 0 Å². The van der Waals surface area contributed by atoms with Crippen LogP contribution >= 0.6 is 0 Å². The summed E-state index contributed by atoms with van der Waals surface area (Å²) in [5.41, 5.74) is 0.262. The summed E-state index contributed by atoms with van der Waals surface area (Å²) in [5, 5.41) is 11.4. The van der Waals surface area contributed by atoms with Crippen LogP contribution in [-0.2, 0) is 4.74 Å². The molecule has 3 heteroatoms. The molecule has 25 heavy (non-hydrogen) atoms. The highest BCUT2D eigenvalue weighted by Crippen LogP contribution is 2.65. The first kappa shape index (κ1) is 17.1. The highest BCUT2D eigenvalue weighted by molar-refractivity contribution is 5.89. The van der Waals surface area contributed by atoms with E-state index in [0.29, 0.717) is 22.8 Å². The van der Waals surface area contributed by atoms with E-state index in [2.05, 4.69) is 20.8 Å². The van der Waals surface area contributed by atoms with Gasteiger partial charge in [-0.2, -0.15) is 0 Å². The summed E-state index contributed by atoms with van der Waals surface area (Å²) >= 11 is 0. The molecule has 136 valence electrons. The van der Waals surface area contributed by atoms with Crippen molar-refractivity contribution in [2.24, 2.45) is 22.7 Å². The Balaban J connectivity index is 1.54. The van der Waals surface area contributed by atoms with Gasteiger partial charge in [0.05, 0.1) is 11.2 Å². The predicted octanol–water partition coefficient (Wildman–Crippen LogP) is 4.59. The van der Waals surface area contributed by atoms with Crippen LogP contribution in [-0.4, -0.2) is 22.8 Å². The number of benzene rings is 1. The summed E-state index contributed by atoms with van der Waals surface area (Å²) in [6, 6.07) is 9.24. The Morgan fingerprint density at radius 3 is 2.48 bits per heavy atom. The Kier molecular flexibility index (Phi) is 3.81. The molecule has 1 aromatic carbocycles. The number of esters is 1. The minimum Gasteiger partial charge on any atom is -0.458 e. The second-order valence-electron chi connectivity index (χ2n) is 9.68. The Labute approximate surface area is 150 Å². The maximum Gasteiger partial charge on any atom is 0.338 e. The molecule has 4 rings (SSSR count). The van der Waals surface area contributed by atoms with Crippen LogP contribution in [0.5, 0.6) is 0 Å². The number of carbonyl (C=O) groups is 1. The lowest BCUT2D eigenvalue weighted by Gasteiger charge is -2.58. The maximum atomic E-state index is 12.5. The van der Waals surface area contributed by atoms with Crippen LogP contribution in [0, 0.1) is 22.7 Å². The molecule has 3 nitrogen and oxygen atoms in total. The lowest BCUT2D eigenvalue weighted by molar-refractivity contribution is -0.177. The molecule has 3 saturated carbocycles. The topological polar surface area (TPSA) is 46.5 Å². The van der Waals surface area contributed by atoms with Crippen LogP contribution in [0.15, 0.2) is 30.3 Å². The monoisotopic (exact) mass is 342 g/mol. The van der Waals surface area contributed by atoms with E-state index in [1.54, 1.807) is 12.1 Å². The third kappa shape index (κ3) is 2.71. The highest BCUT2D eigenvalue weighted by atomic mass is 16.5. The van der Waals surface area contributed by atoms with Crippen molar-refractivity contribution in [3.63, 3.8) is 0 Å². The van der Waals surface area contributed by atoms with Crippen LogP contribution < -0.4 is 0 Å². The van der Waals surface area contributed by atoms with Gasteiger partial charge < -0.3 is 9.84 Å². The fraction of sp³-hybridized carbons (Fsp3) is 0.682. The van der Waals surface area contributed by atoms with Gasteiger partial charge in [-0.25, -0.2) is 4.79 Å². The van der Waals surface area contributed by atoms with Crippen LogP contribution in [0.1, 0.15) is 69.7 Å². The van der Waals surface area contributed by atoms with Gasteiger partial charge in [-0.1, -0.05) is 39.0 Å². The Bertz CT molecular complexity index is 667. The summed E-state index contributed by atoms with van der Waals surface area (Å²) in [6.45, 7) is 6.89. The maximum absolute atomic E-state index is 12.5. The van der Waals surface area contributed by atoms with Gasteiger partial charge in [-0.15, -0.1) is 0 Å². The Morgan fingerprint density at radius 1 is 1.08 bits per heavy atom. The molecule has 0 saturated heterocycles. The molecule has 0 radical (unpaired) electrons. The van der Waals surface area contributed by atoms with Crippen molar-refractivity contribution in [3.8, 4) is 0 Å². The molecular formula is C22H30O3. The van der Waals surface area contributed by atoms with Gasteiger partial charge in [0.2, 0.25) is 0 Å². The molecule has 1 aromatic rings. The average Bonchev–Trinajstić information content (AvgIpc) is 2.63. The van der Waals surface area contributed by atoms with E-state index in [-0.39, 0.29) is 17.5 Å². The van der Waals surface area contributed by atoms with Crippen molar-refractivity contribution < 1.29 is 14.6 Å². The lowest BCUT2D eigenvalue weighted by atomic mass is 9.49. The Hall–Kier alpha value is -1.35. The smallest absolute Gasteiger partial charge is 0.338 e. The van der Waals surface area contributed by atoms with Crippen molar-refractivity contribution in [1.82, 2.24) is 0 Å². The van der Waals surface area contributed by atoms with E-state index >= 15 is 0 Å².